The number of ether oxygens (including phenoxy) is 1. The highest BCUT2D eigenvalue weighted by molar-refractivity contribution is 5.85. The molecule has 0 aromatic heterocycles. The molecule has 1 aliphatic heterocycles. The number of carbonyl (C=O) groups excluding carboxylic acids is 2. The van der Waals surface area contributed by atoms with E-state index in [0.717, 1.165) is 38.5 Å². The third-order valence-electron chi connectivity index (χ3n) is 4.72. The highest BCUT2D eigenvalue weighted by Crippen LogP contribution is 2.25. The van der Waals surface area contributed by atoms with Gasteiger partial charge in [0.25, 0.3) is 0 Å². The van der Waals surface area contributed by atoms with E-state index in [1.807, 2.05) is 6.08 Å². The lowest BCUT2D eigenvalue weighted by Crippen LogP contribution is -2.52. The number of carbonyl (C=O) groups is 2. The number of unbranched alkanes of at least 4 members (excludes halogenated alkanes) is 2. The van der Waals surface area contributed by atoms with Crippen LogP contribution in [0.15, 0.2) is 12.2 Å². The summed E-state index contributed by atoms with van der Waals surface area (Å²) in [4.78, 5) is 26.5. The summed E-state index contributed by atoms with van der Waals surface area (Å²) >= 11 is 0. The molecule has 0 aromatic rings. The Bertz CT molecular complexity index is 532. The van der Waals surface area contributed by atoms with Crippen LogP contribution in [0.5, 0.6) is 0 Å². The van der Waals surface area contributed by atoms with Gasteiger partial charge in [0.05, 0.1) is 19.3 Å². The van der Waals surface area contributed by atoms with Crippen molar-refractivity contribution in [3.8, 4) is 11.8 Å². The van der Waals surface area contributed by atoms with Gasteiger partial charge in [0.1, 0.15) is 6.04 Å². The molecule has 1 heterocycles. The number of rotatable bonds is 10. The van der Waals surface area contributed by atoms with Gasteiger partial charge in [0.2, 0.25) is 5.91 Å². The van der Waals surface area contributed by atoms with Gasteiger partial charge in [0.15, 0.2) is 0 Å². The minimum atomic E-state index is -0.625. The minimum Gasteiger partial charge on any atom is -0.467 e. The third kappa shape index (κ3) is 7.21. The molecule has 5 heteroatoms. The zero-order chi connectivity index (χ0) is 19.4. The van der Waals surface area contributed by atoms with Crippen molar-refractivity contribution in [3.63, 3.8) is 0 Å². The predicted molar refractivity (Wildman–Crippen MR) is 102 cm³/mol. The number of aliphatic hydroxyl groups excluding tert-OH is 1. The number of esters is 1. The van der Waals surface area contributed by atoms with Crippen molar-refractivity contribution in [2.45, 2.75) is 89.8 Å². The molecule has 0 saturated carbocycles. The van der Waals surface area contributed by atoms with Crippen LogP contribution in [0.3, 0.4) is 0 Å². The Morgan fingerprint density at radius 1 is 1.42 bits per heavy atom. The lowest BCUT2D eigenvalue weighted by molar-refractivity contribution is -0.156. The monoisotopic (exact) mass is 363 g/mol. The van der Waals surface area contributed by atoms with Crippen molar-refractivity contribution < 1.29 is 19.4 Å². The molecular formula is C21H33NO4. The summed E-state index contributed by atoms with van der Waals surface area (Å²) in [5.41, 5.74) is 0. The second-order valence-corrected chi connectivity index (χ2v) is 6.71. The fourth-order valence-electron chi connectivity index (χ4n) is 3.31. The average Bonchev–Trinajstić information content (AvgIpc) is 2.64. The van der Waals surface area contributed by atoms with Gasteiger partial charge in [0, 0.05) is 12.8 Å². The Morgan fingerprint density at radius 2 is 2.19 bits per heavy atom. The number of nitrogens with zero attached hydrogens (tertiary/aromatic N) is 1. The van der Waals surface area contributed by atoms with Crippen molar-refractivity contribution in [3.05, 3.63) is 12.2 Å². The van der Waals surface area contributed by atoms with E-state index in [9.17, 15) is 14.7 Å². The maximum Gasteiger partial charge on any atom is 0.328 e. The molecule has 0 spiro atoms. The van der Waals surface area contributed by atoms with Crippen LogP contribution in [-0.2, 0) is 14.3 Å². The molecule has 2 unspecified atom stereocenters. The summed E-state index contributed by atoms with van der Waals surface area (Å²) in [6.07, 6.45) is 10.1. The normalized spacial score (nSPS) is 19.8. The van der Waals surface area contributed by atoms with E-state index >= 15 is 0 Å². The Balaban J connectivity index is 2.86. The standard InChI is InChI=1S/C21H33NO4/c1-4-6-8-12-18(23)16-15-17-11-10-14-20(24)22(17)19(21(25)26-3)13-9-7-5-2/h15-19,23H,4,6,8-14H2,1-3H3/b16-15+/t17-,18?,19?/m1/s1. The number of hydrogen-bond acceptors (Lipinski definition) is 4. The second kappa shape index (κ2) is 12.5. The Labute approximate surface area is 157 Å². The van der Waals surface area contributed by atoms with Gasteiger partial charge in [-0.1, -0.05) is 38.3 Å². The van der Waals surface area contributed by atoms with Crippen LogP contribution in [-0.4, -0.2) is 47.2 Å². The summed E-state index contributed by atoms with van der Waals surface area (Å²) in [7, 11) is 1.34. The predicted octanol–water partition coefficient (Wildman–Crippen LogP) is 3.21. The lowest BCUT2D eigenvalue weighted by Gasteiger charge is -2.38. The molecule has 0 aromatic carbocycles. The molecule has 5 nitrogen and oxygen atoms in total. The van der Waals surface area contributed by atoms with Gasteiger partial charge in [-0.2, -0.15) is 0 Å². The number of piperidine rings is 1. The molecule has 26 heavy (non-hydrogen) atoms. The molecule has 146 valence electrons. The van der Waals surface area contributed by atoms with E-state index in [-0.39, 0.29) is 11.9 Å². The highest BCUT2D eigenvalue weighted by atomic mass is 16.5. The van der Waals surface area contributed by atoms with E-state index < -0.39 is 18.1 Å². The van der Waals surface area contributed by atoms with Crippen LogP contribution < -0.4 is 0 Å². The molecule has 1 rings (SSSR count). The first-order chi connectivity index (χ1) is 12.5. The fourth-order valence-corrected chi connectivity index (χ4v) is 3.31. The van der Waals surface area contributed by atoms with Crippen LogP contribution in [0.25, 0.3) is 0 Å². The molecule has 1 amide bonds. The molecule has 0 radical (unpaired) electrons. The Kier molecular flexibility index (Phi) is 10.7. The highest BCUT2D eigenvalue weighted by Gasteiger charge is 2.36. The van der Waals surface area contributed by atoms with E-state index in [1.54, 1.807) is 17.9 Å². The number of methoxy groups -OCH3 is 1. The molecule has 1 aliphatic rings. The topological polar surface area (TPSA) is 66.8 Å². The molecule has 1 fully saturated rings. The van der Waals surface area contributed by atoms with E-state index in [1.165, 1.54) is 7.11 Å². The summed E-state index contributed by atoms with van der Waals surface area (Å²) in [5.74, 6) is 5.33. The maximum absolute atomic E-state index is 12.5. The Morgan fingerprint density at radius 3 is 2.85 bits per heavy atom. The lowest BCUT2D eigenvalue weighted by atomic mass is 9.96. The van der Waals surface area contributed by atoms with Gasteiger partial charge in [-0.25, -0.2) is 4.79 Å². The number of hydrogen-bond donors (Lipinski definition) is 1. The summed E-state index contributed by atoms with van der Waals surface area (Å²) in [5, 5.41) is 10.1. The molecule has 1 N–H and O–H groups in total. The quantitative estimate of drug-likeness (QED) is 0.280. The van der Waals surface area contributed by atoms with Crippen LogP contribution >= 0.6 is 0 Å². The second-order valence-electron chi connectivity index (χ2n) is 6.71. The molecule has 3 atom stereocenters. The van der Waals surface area contributed by atoms with Crippen LogP contribution in [0, 0.1) is 11.8 Å². The van der Waals surface area contributed by atoms with E-state index in [4.69, 9.17) is 4.74 Å². The zero-order valence-electron chi connectivity index (χ0n) is 16.4. The van der Waals surface area contributed by atoms with Crippen molar-refractivity contribution in [1.82, 2.24) is 4.90 Å². The number of aliphatic hydroxyl groups is 1. The first-order valence-corrected chi connectivity index (χ1v) is 9.70. The molecule has 0 bridgehead atoms. The molecule has 0 aliphatic carbocycles. The van der Waals surface area contributed by atoms with Crippen molar-refractivity contribution >= 4 is 11.9 Å². The van der Waals surface area contributed by atoms with Gasteiger partial charge >= 0.3 is 5.97 Å². The maximum atomic E-state index is 12.5. The van der Waals surface area contributed by atoms with Crippen molar-refractivity contribution in [2.24, 2.45) is 0 Å². The average molecular weight is 363 g/mol. The largest absolute Gasteiger partial charge is 0.467 e. The van der Waals surface area contributed by atoms with Crippen molar-refractivity contribution in [1.29, 1.82) is 0 Å². The number of amides is 1. The van der Waals surface area contributed by atoms with Gasteiger partial charge in [-0.05, 0) is 32.6 Å². The van der Waals surface area contributed by atoms with Crippen molar-refractivity contribution in [2.75, 3.05) is 7.11 Å². The minimum absolute atomic E-state index is 0.0359. The van der Waals surface area contributed by atoms with Gasteiger partial charge < -0.3 is 14.7 Å². The van der Waals surface area contributed by atoms with E-state index in [2.05, 4.69) is 18.8 Å². The van der Waals surface area contributed by atoms with Gasteiger partial charge in [-0.15, -0.1) is 11.8 Å². The van der Waals surface area contributed by atoms with Crippen LogP contribution in [0.2, 0.25) is 0 Å². The summed E-state index contributed by atoms with van der Waals surface area (Å²) < 4.78 is 4.93. The fraction of sp³-hybridized carbons (Fsp3) is 0.714. The Hall–Kier alpha value is -1.80. The molecular weight excluding hydrogens is 330 g/mol. The van der Waals surface area contributed by atoms with Crippen LogP contribution in [0.4, 0.5) is 0 Å². The van der Waals surface area contributed by atoms with E-state index in [0.29, 0.717) is 19.3 Å². The van der Waals surface area contributed by atoms with Gasteiger partial charge in [-0.3, -0.25) is 4.79 Å². The summed E-state index contributed by atoms with van der Waals surface area (Å²) in [6, 6.07) is -0.809. The smallest absolute Gasteiger partial charge is 0.328 e. The first-order valence-electron chi connectivity index (χ1n) is 9.70. The summed E-state index contributed by atoms with van der Waals surface area (Å²) in [6.45, 7) is 3.88. The molecule has 1 saturated heterocycles. The number of likely N-dealkylation sites (tertiary alicyclic amines) is 1. The first kappa shape index (κ1) is 22.2. The third-order valence-corrected chi connectivity index (χ3v) is 4.72. The zero-order valence-corrected chi connectivity index (χ0v) is 16.4. The van der Waals surface area contributed by atoms with Crippen LogP contribution in [0.1, 0.15) is 71.6 Å². The SMILES string of the molecule is CC#CCCC(C(=O)OC)N1C(=O)CCC[C@@H]1/C=C/C(O)CCCCC.